The van der Waals surface area contributed by atoms with Crippen LogP contribution >= 0.6 is 0 Å². The Morgan fingerprint density at radius 1 is 1.29 bits per heavy atom. The Morgan fingerprint density at radius 2 is 2.00 bits per heavy atom. The van der Waals surface area contributed by atoms with E-state index in [0.717, 1.165) is 5.92 Å². The van der Waals surface area contributed by atoms with E-state index >= 15 is 0 Å². The van der Waals surface area contributed by atoms with Gasteiger partial charge in [0.2, 0.25) is 0 Å². The molecule has 0 amide bonds. The van der Waals surface area contributed by atoms with Crippen molar-refractivity contribution in [2.75, 3.05) is 20.1 Å². The van der Waals surface area contributed by atoms with Crippen molar-refractivity contribution in [2.24, 2.45) is 5.92 Å². The average Bonchev–Trinajstić information content (AvgIpc) is 2.34. The van der Waals surface area contributed by atoms with Gasteiger partial charge in [-0.15, -0.1) is 0 Å². The van der Waals surface area contributed by atoms with Crippen LogP contribution in [0.3, 0.4) is 0 Å². The lowest BCUT2D eigenvalue weighted by Gasteiger charge is -2.46. The predicted octanol–water partition coefficient (Wildman–Crippen LogP) is 3.70. The third-order valence-corrected chi connectivity index (χ3v) is 4.51. The van der Waals surface area contributed by atoms with Crippen molar-refractivity contribution in [1.82, 2.24) is 4.90 Å². The van der Waals surface area contributed by atoms with Crippen LogP contribution in [-0.4, -0.2) is 25.0 Å². The predicted molar refractivity (Wildman–Crippen MR) is 74.3 cm³/mol. The van der Waals surface area contributed by atoms with Crippen LogP contribution in [0.15, 0.2) is 30.3 Å². The van der Waals surface area contributed by atoms with Gasteiger partial charge in [-0.3, -0.25) is 0 Å². The maximum Gasteiger partial charge on any atom is 0.00125 e. The summed E-state index contributed by atoms with van der Waals surface area (Å²) in [6.07, 6.45) is 3.91. The van der Waals surface area contributed by atoms with Crippen molar-refractivity contribution in [3.63, 3.8) is 0 Å². The molecule has 1 aromatic carbocycles. The van der Waals surface area contributed by atoms with Crippen LogP contribution in [0.25, 0.3) is 0 Å². The Kier molecular flexibility index (Phi) is 3.88. The molecule has 0 N–H and O–H groups in total. The molecule has 1 aliphatic heterocycles. The summed E-state index contributed by atoms with van der Waals surface area (Å²) in [5, 5.41) is 0. The van der Waals surface area contributed by atoms with Crippen molar-refractivity contribution in [3.8, 4) is 0 Å². The van der Waals surface area contributed by atoms with Gasteiger partial charge in [0.25, 0.3) is 0 Å². The number of rotatable bonds is 3. The molecule has 94 valence electrons. The van der Waals surface area contributed by atoms with Crippen LogP contribution in [0.1, 0.15) is 38.7 Å². The molecule has 1 aliphatic rings. The van der Waals surface area contributed by atoms with E-state index in [0.29, 0.717) is 5.41 Å². The molecule has 1 nitrogen and oxygen atoms in total. The van der Waals surface area contributed by atoms with Gasteiger partial charge in [0.15, 0.2) is 0 Å². The third kappa shape index (κ3) is 2.40. The van der Waals surface area contributed by atoms with Gasteiger partial charge in [-0.1, -0.05) is 50.6 Å². The van der Waals surface area contributed by atoms with E-state index in [1.807, 2.05) is 0 Å². The van der Waals surface area contributed by atoms with Gasteiger partial charge in [0.1, 0.15) is 0 Å². The fraction of sp³-hybridized carbons (Fsp3) is 0.625. The summed E-state index contributed by atoms with van der Waals surface area (Å²) in [5.41, 5.74) is 1.98. The lowest BCUT2D eigenvalue weighted by molar-refractivity contribution is 0.112. The number of hydrogen-bond acceptors (Lipinski definition) is 1. The Hall–Kier alpha value is -0.820. The van der Waals surface area contributed by atoms with Gasteiger partial charge in [-0.05, 0) is 37.9 Å². The van der Waals surface area contributed by atoms with Crippen LogP contribution in [0.4, 0.5) is 0 Å². The molecule has 0 unspecified atom stereocenters. The number of likely N-dealkylation sites (tertiary alicyclic amines) is 1. The van der Waals surface area contributed by atoms with E-state index in [1.54, 1.807) is 5.56 Å². The topological polar surface area (TPSA) is 3.24 Å². The van der Waals surface area contributed by atoms with Gasteiger partial charge in [0.05, 0.1) is 0 Å². The molecule has 0 aliphatic carbocycles. The van der Waals surface area contributed by atoms with E-state index in [9.17, 15) is 0 Å². The van der Waals surface area contributed by atoms with E-state index in [2.05, 4.69) is 56.1 Å². The molecule has 0 saturated carbocycles. The summed E-state index contributed by atoms with van der Waals surface area (Å²) in [7, 11) is 2.25. The van der Waals surface area contributed by atoms with Crippen molar-refractivity contribution < 1.29 is 0 Å². The quantitative estimate of drug-likeness (QED) is 0.767. The lowest BCUT2D eigenvalue weighted by Crippen LogP contribution is -2.47. The standard InChI is InChI=1S/C16H25N/c1-4-10-16(15-8-6-5-7-9-15)11-12-17(3)13-14(16)2/h5-9,14H,4,10-13H2,1-3H3/t14-,16-/m0/s1. The Morgan fingerprint density at radius 3 is 2.59 bits per heavy atom. The minimum absolute atomic E-state index is 0.419. The molecule has 1 saturated heterocycles. The first-order chi connectivity index (χ1) is 8.19. The Balaban J connectivity index is 2.32. The number of hydrogen-bond donors (Lipinski definition) is 0. The molecule has 1 aromatic rings. The summed E-state index contributed by atoms with van der Waals surface area (Å²) >= 11 is 0. The zero-order chi connectivity index (χ0) is 12.3. The number of nitrogens with zero attached hydrogens (tertiary/aromatic N) is 1. The largest absolute Gasteiger partial charge is 0.306 e. The first-order valence-electron chi connectivity index (χ1n) is 6.93. The SMILES string of the molecule is CCC[C@]1(c2ccccc2)CCN(C)C[C@@H]1C. The lowest BCUT2D eigenvalue weighted by atomic mass is 9.64. The third-order valence-electron chi connectivity index (χ3n) is 4.51. The second kappa shape index (κ2) is 5.22. The summed E-state index contributed by atoms with van der Waals surface area (Å²) in [6, 6.07) is 11.2. The van der Waals surface area contributed by atoms with Gasteiger partial charge in [0, 0.05) is 12.0 Å². The minimum Gasteiger partial charge on any atom is -0.306 e. The zero-order valence-electron chi connectivity index (χ0n) is 11.4. The van der Waals surface area contributed by atoms with Gasteiger partial charge < -0.3 is 4.90 Å². The van der Waals surface area contributed by atoms with Crippen LogP contribution in [0, 0.1) is 5.92 Å². The fourth-order valence-corrected chi connectivity index (χ4v) is 3.53. The normalized spacial score (nSPS) is 30.4. The molecule has 0 bridgehead atoms. The van der Waals surface area contributed by atoms with Gasteiger partial charge in [-0.25, -0.2) is 0 Å². The molecule has 0 spiro atoms. The van der Waals surface area contributed by atoms with Crippen LogP contribution in [-0.2, 0) is 5.41 Å². The monoisotopic (exact) mass is 231 g/mol. The van der Waals surface area contributed by atoms with Crippen molar-refractivity contribution in [1.29, 1.82) is 0 Å². The fourth-order valence-electron chi connectivity index (χ4n) is 3.53. The summed E-state index contributed by atoms with van der Waals surface area (Å²) < 4.78 is 0. The van der Waals surface area contributed by atoms with E-state index in [-0.39, 0.29) is 0 Å². The first kappa shape index (κ1) is 12.6. The van der Waals surface area contributed by atoms with Crippen LogP contribution in [0.2, 0.25) is 0 Å². The smallest absolute Gasteiger partial charge is 0.00125 e. The maximum atomic E-state index is 2.47. The van der Waals surface area contributed by atoms with Crippen LogP contribution in [0.5, 0.6) is 0 Å². The Bertz CT molecular complexity index is 346. The molecule has 1 heteroatoms. The van der Waals surface area contributed by atoms with E-state index < -0.39 is 0 Å². The highest BCUT2D eigenvalue weighted by Crippen LogP contribution is 2.42. The average molecular weight is 231 g/mol. The highest BCUT2D eigenvalue weighted by molar-refractivity contribution is 5.27. The summed E-state index contributed by atoms with van der Waals surface area (Å²) in [5.74, 6) is 0.753. The molecule has 0 aromatic heterocycles. The van der Waals surface area contributed by atoms with E-state index in [4.69, 9.17) is 0 Å². The van der Waals surface area contributed by atoms with Gasteiger partial charge >= 0.3 is 0 Å². The summed E-state index contributed by atoms with van der Waals surface area (Å²) in [4.78, 5) is 2.47. The molecule has 1 fully saturated rings. The second-order valence-corrected chi connectivity index (χ2v) is 5.69. The molecular formula is C16H25N. The zero-order valence-corrected chi connectivity index (χ0v) is 11.4. The van der Waals surface area contributed by atoms with Crippen LogP contribution < -0.4 is 0 Å². The van der Waals surface area contributed by atoms with Gasteiger partial charge in [-0.2, -0.15) is 0 Å². The highest BCUT2D eigenvalue weighted by atomic mass is 15.1. The van der Waals surface area contributed by atoms with Crippen molar-refractivity contribution in [2.45, 2.75) is 38.5 Å². The highest BCUT2D eigenvalue weighted by Gasteiger charge is 2.40. The Labute approximate surface area is 106 Å². The summed E-state index contributed by atoms with van der Waals surface area (Å²) in [6.45, 7) is 7.21. The molecule has 0 radical (unpaired) electrons. The molecule has 1 heterocycles. The first-order valence-corrected chi connectivity index (χ1v) is 6.93. The maximum absolute atomic E-state index is 2.47. The second-order valence-electron chi connectivity index (χ2n) is 5.69. The minimum atomic E-state index is 0.419. The molecule has 2 atom stereocenters. The number of piperidine rings is 1. The van der Waals surface area contributed by atoms with E-state index in [1.165, 1.54) is 32.4 Å². The number of benzene rings is 1. The van der Waals surface area contributed by atoms with Crippen molar-refractivity contribution in [3.05, 3.63) is 35.9 Å². The molecular weight excluding hydrogens is 206 g/mol. The molecule has 2 rings (SSSR count). The molecule has 17 heavy (non-hydrogen) atoms. The van der Waals surface area contributed by atoms with Crippen molar-refractivity contribution >= 4 is 0 Å².